The highest BCUT2D eigenvalue weighted by Gasteiger charge is 2.69. The molecule has 210 valence electrons. The molecule has 1 fully saturated rings. The van der Waals surface area contributed by atoms with Gasteiger partial charge in [-0.2, -0.15) is 0 Å². The van der Waals surface area contributed by atoms with Crippen molar-refractivity contribution in [2.75, 3.05) is 33.1 Å². The van der Waals surface area contributed by atoms with Crippen LogP contribution in [0, 0.1) is 11.8 Å². The van der Waals surface area contributed by atoms with Crippen LogP contribution in [0.3, 0.4) is 0 Å². The van der Waals surface area contributed by atoms with Crippen LogP contribution in [0.2, 0.25) is 0 Å². The minimum absolute atomic E-state index is 0.0504. The molecule has 39 heavy (non-hydrogen) atoms. The van der Waals surface area contributed by atoms with Gasteiger partial charge in [-0.05, 0) is 37.7 Å². The standard InChI is InChI=1S/C27H33N3O9/c1-7-13(32)39-23-15-10(2)14-11(29(3)4)8-9-12(31)16(14)21(33)17(15)24(35)27(38)19(23)20(30(5)6)22(34)18(25(27)36)26(28)37/h8-10,15,19-20,23,31,33,36,38H,7H2,1-6H3,(H2,28,37)/t10-,15+,19+,20-,23-,27-/m1/s1. The molecule has 0 heterocycles. The van der Waals surface area contributed by atoms with Crippen LogP contribution >= 0.6 is 0 Å². The molecule has 3 aliphatic carbocycles. The average Bonchev–Trinajstić information content (AvgIpc) is 2.84. The number of carbonyl (C=O) groups excluding carboxylic acids is 4. The fourth-order valence-corrected chi connectivity index (χ4v) is 6.41. The summed E-state index contributed by atoms with van der Waals surface area (Å²) in [6.45, 7) is 3.25. The molecule has 6 N–H and O–H groups in total. The first-order chi connectivity index (χ1) is 18.1. The molecule has 0 aliphatic heterocycles. The summed E-state index contributed by atoms with van der Waals surface area (Å²) < 4.78 is 5.83. The fourth-order valence-electron chi connectivity index (χ4n) is 6.41. The number of hydrogen-bond acceptors (Lipinski definition) is 11. The van der Waals surface area contributed by atoms with Crippen molar-refractivity contribution in [1.29, 1.82) is 0 Å². The van der Waals surface area contributed by atoms with Gasteiger partial charge in [-0.3, -0.25) is 24.1 Å². The lowest BCUT2D eigenvalue weighted by atomic mass is 9.54. The van der Waals surface area contributed by atoms with Gasteiger partial charge in [0.1, 0.15) is 28.9 Å². The molecule has 1 amide bonds. The lowest BCUT2D eigenvalue weighted by Crippen LogP contribution is -2.71. The zero-order chi connectivity index (χ0) is 29.3. The third-order valence-electron chi connectivity index (χ3n) is 8.09. The van der Waals surface area contributed by atoms with E-state index in [0.29, 0.717) is 11.3 Å². The summed E-state index contributed by atoms with van der Waals surface area (Å²) in [5.74, 6) is -9.85. The number of phenols is 1. The Morgan fingerprint density at radius 1 is 1.10 bits per heavy atom. The van der Waals surface area contributed by atoms with E-state index in [0.717, 1.165) is 0 Å². The number of amides is 1. The number of aromatic hydroxyl groups is 1. The molecule has 12 nitrogen and oxygen atoms in total. The number of benzene rings is 1. The van der Waals surface area contributed by atoms with Crippen molar-refractivity contribution in [2.24, 2.45) is 17.6 Å². The second-order valence-electron chi connectivity index (χ2n) is 10.7. The number of aliphatic hydroxyl groups is 3. The van der Waals surface area contributed by atoms with Crippen LogP contribution in [-0.4, -0.2) is 94.7 Å². The van der Waals surface area contributed by atoms with Gasteiger partial charge in [0, 0.05) is 37.7 Å². The maximum atomic E-state index is 14.2. The molecule has 0 radical (unpaired) electrons. The summed E-state index contributed by atoms with van der Waals surface area (Å²) in [6, 6.07) is 1.57. The van der Waals surface area contributed by atoms with E-state index in [1.807, 2.05) is 0 Å². The molecule has 0 aromatic heterocycles. The van der Waals surface area contributed by atoms with E-state index in [-0.39, 0.29) is 17.7 Å². The normalized spacial score (nSPS) is 30.1. The zero-order valence-corrected chi connectivity index (χ0v) is 22.6. The van der Waals surface area contributed by atoms with Crippen molar-refractivity contribution in [2.45, 2.75) is 43.9 Å². The van der Waals surface area contributed by atoms with E-state index in [4.69, 9.17) is 10.5 Å². The number of anilines is 1. The number of phenolic OH excluding ortho intramolecular Hbond substituents is 1. The van der Waals surface area contributed by atoms with Crippen molar-refractivity contribution in [1.82, 2.24) is 4.90 Å². The molecule has 1 aromatic carbocycles. The SMILES string of the molecule is CCC(=O)O[C@@H]1[C@@H]2C(=C(O)c3c(O)ccc(N(C)C)c3[C@H]2C)C(=O)[C@@]2(O)C(O)=C(C(N)=O)C(=O)[C@H](N(C)C)[C@@H]12. The molecular formula is C27H33N3O9. The number of nitrogens with zero attached hydrogens (tertiary/aromatic N) is 2. The van der Waals surface area contributed by atoms with Crippen molar-refractivity contribution < 1.29 is 44.3 Å². The molecule has 1 saturated carbocycles. The Kier molecular flexibility index (Phi) is 6.76. The quantitative estimate of drug-likeness (QED) is 0.257. The van der Waals surface area contributed by atoms with E-state index < -0.39 is 81.6 Å². The van der Waals surface area contributed by atoms with Gasteiger partial charge in [0.2, 0.25) is 5.78 Å². The largest absolute Gasteiger partial charge is 0.508 e. The minimum atomic E-state index is -2.96. The van der Waals surface area contributed by atoms with Gasteiger partial charge >= 0.3 is 5.97 Å². The van der Waals surface area contributed by atoms with Gasteiger partial charge in [-0.1, -0.05) is 13.8 Å². The highest BCUT2D eigenvalue weighted by atomic mass is 16.5. The number of ketones is 2. The lowest BCUT2D eigenvalue weighted by Gasteiger charge is -2.54. The van der Waals surface area contributed by atoms with Gasteiger partial charge in [-0.15, -0.1) is 0 Å². The summed E-state index contributed by atoms with van der Waals surface area (Å²) in [7, 11) is 6.45. The zero-order valence-electron chi connectivity index (χ0n) is 22.6. The number of likely N-dealkylation sites (N-methyl/N-ethyl adjacent to an activating group) is 1. The van der Waals surface area contributed by atoms with Gasteiger partial charge in [-0.25, -0.2) is 0 Å². The first-order valence-electron chi connectivity index (χ1n) is 12.5. The number of esters is 1. The number of Topliss-reactive ketones (excluding diaryl/α,β-unsaturated/α-hetero) is 2. The Morgan fingerprint density at radius 2 is 1.72 bits per heavy atom. The molecule has 0 saturated heterocycles. The predicted molar refractivity (Wildman–Crippen MR) is 139 cm³/mol. The third kappa shape index (κ3) is 3.73. The fraction of sp³-hybridized carbons (Fsp3) is 0.481. The molecule has 12 heteroatoms. The van der Waals surface area contributed by atoms with Crippen LogP contribution in [0.25, 0.3) is 5.76 Å². The van der Waals surface area contributed by atoms with Gasteiger partial charge in [0.05, 0.1) is 17.5 Å². The number of rotatable bonds is 5. The topological polar surface area (TPSA) is 191 Å². The number of nitrogens with two attached hydrogens (primary N) is 1. The first kappa shape index (κ1) is 28.1. The number of carbonyl (C=O) groups is 4. The maximum absolute atomic E-state index is 14.2. The molecule has 1 aromatic rings. The minimum Gasteiger partial charge on any atom is -0.508 e. The molecule has 0 unspecified atom stereocenters. The number of ether oxygens (including phenoxy) is 1. The van der Waals surface area contributed by atoms with Crippen LogP contribution < -0.4 is 10.6 Å². The Hall–Kier alpha value is -3.90. The third-order valence-corrected chi connectivity index (χ3v) is 8.09. The van der Waals surface area contributed by atoms with Crippen LogP contribution in [0.1, 0.15) is 37.3 Å². The van der Waals surface area contributed by atoms with Crippen LogP contribution in [0.15, 0.2) is 29.0 Å². The smallest absolute Gasteiger partial charge is 0.305 e. The number of aliphatic hydroxyl groups excluding tert-OH is 2. The molecule has 0 bridgehead atoms. The number of primary amides is 1. The van der Waals surface area contributed by atoms with E-state index in [9.17, 15) is 39.6 Å². The second kappa shape index (κ2) is 9.38. The molecule has 3 aliphatic rings. The maximum Gasteiger partial charge on any atom is 0.305 e. The van der Waals surface area contributed by atoms with Gasteiger partial charge in [0.25, 0.3) is 5.91 Å². The number of fused-ring (bicyclic) bond motifs is 3. The Balaban J connectivity index is 2.15. The Bertz CT molecular complexity index is 1360. The first-order valence-corrected chi connectivity index (χ1v) is 12.5. The Labute approximate surface area is 224 Å². The van der Waals surface area contributed by atoms with Crippen LogP contribution in [-0.2, 0) is 23.9 Å². The highest BCUT2D eigenvalue weighted by molar-refractivity contribution is 6.24. The predicted octanol–water partition coefficient (Wildman–Crippen LogP) is 0.523. The molecular weight excluding hydrogens is 510 g/mol. The summed E-state index contributed by atoms with van der Waals surface area (Å²) in [4.78, 5) is 55.7. The summed E-state index contributed by atoms with van der Waals surface area (Å²) >= 11 is 0. The van der Waals surface area contributed by atoms with Crippen LogP contribution in [0.5, 0.6) is 5.75 Å². The molecule has 4 rings (SSSR count). The van der Waals surface area contributed by atoms with Crippen molar-refractivity contribution in [3.05, 3.63) is 40.2 Å². The van der Waals surface area contributed by atoms with Gasteiger partial charge in [0.15, 0.2) is 11.4 Å². The van der Waals surface area contributed by atoms with E-state index in [1.165, 1.54) is 32.0 Å². The van der Waals surface area contributed by atoms with E-state index in [1.54, 1.807) is 32.0 Å². The molecule has 6 atom stereocenters. The molecule has 0 spiro atoms. The lowest BCUT2D eigenvalue weighted by molar-refractivity contribution is -0.185. The van der Waals surface area contributed by atoms with Crippen molar-refractivity contribution in [3.8, 4) is 5.75 Å². The summed E-state index contributed by atoms with van der Waals surface area (Å²) in [5, 5.41) is 45.4. The average molecular weight is 544 g/mol. The number of hydrogen-bond donors (Lipinski definition) is 5. The highest BCUT2D eigenvalue weighted by Crippen LogP contribution is 2.58. The van der Waals surface area contributed by atoms with Crippen molar-refractivity contribution in [3.63, 3.8) is 0 Å². The van der Waals surface area contributed by atoms with Gasteiger partial charge < -0.3 is 35.8 Å². The summed E-state index contributed by atoms with van der Waals surface area (Å²) in [6.07, 6.45) is -1.51. The second-order valence-corrected chi connectivity index (χ2v) is 10.7. The monoisotopic (exact) mass is 543 g/mol. The van der Waals surface area contributed by atoms with Crippen LogP contribution in [0.4, 0.5) is 5.69 Å². The Morgan fingerprint density at radius 3 is 2.23 bits per heavy atom. The van der Waals surface area contributed by atoms with E-state index in [2.05, 4.69) is 0 Å². The summed E-state index contributed by atoms with van der Waals surface area (Å²) in [5.41, 5.74) is 2.08. The van der Waals surface area contributed by atoms with Crippen molar-refractivity contribution >= 4 is 34.9 Å². The van der Waals surface area contributed by atoms with E-state index >= 15 is 0 Å².